The fourth-order valence-corrected chi connectivity index (χ4v) is 4.51. The van der Waals surface area contributed by atoms with Gasteiger partial charge in [0.05, 0.1) is 23.6 Å². The number of nitrogens with one attached hydrogen (secondary N) is 1. The van der Waals surface area contributed by atoms with Gasteiger partial charge in [-0.15, -0.1) is 0 Å². The van der Waals surface area contributed by atoms with Gasteiger partial charge in [0, 0.05) is 56.1 Å². The molecule has 2 saturated heterocycles. The second kappa shape index (κ2) is 7.80. The molecule has 0 aliphatic carbocycles. The Morgan fingerprint density at radius 3 is 2.69 bits per heavy atom. The van der Waals surface area contributed by atoms with Crippen molar-refractivity contribution < 1.29 is 5.11 Å². The molecular weight excluding hydrogens is 388 g/mol. The Hall–Kier alpha value is -2.38. The molecule has 4 heterocycles. The topological polar surface area (TPSA) is 76.9 Å². The van der Waals surface area contributed by atoms with Gasteiger partial charge in [-0.1, -0.05) is 11.6 Å². The standard InChI is InChI=1S/C21H25ClN6O/c22-16-1-2-17-18(9-16)26-19(10-25-17)28-11-15(12-28)20-21(24-6-5-23-20)27-7-3-14(13-29)4-8-27/h1-2,5-6,9,14-15,25,29H,3-4,7-8,10-13H2. The number of piperidine rings is 1. The molecule has 3 aliphatic heterocycles. The molecule has 8 heteroatoms. The number of rotatable bonds is 3. The molecule has 2 N–H and O–H groups in total. The first kappa shape index (κ1) is 18.6. The lowest BCUT2D eigenvalue weighted by molar-refractivity contribution is 0.202. The number of amidine groups is 1. The molecule has 0 atom stereocenters. The minimum atomic E-state index is 0.281. The Kier molecular flexibility index (Phi) is 5.01. The van der Waals surface area contributed by atoms with Crippen LogP contribution in [0.5, 0.6) is 0 Å². The van der Waals surface area contributed by atoms with Crippen molar-refractivity contribution in [2.24, 2.45) is 10.9 Å². The van der Waals surface area contributed by atoms with Gasteiger partial charge in [0.2, 0.25) is 0 Å². The van der Waals surface area contributed by atoms with Gasteiger partial charge in [-0.2, -0.15) is 0 Å². The highest BCUT2D eigenvalue weighted by molar-refractivity contribution is 6.31. The van der Waals surface area contributed by atoms with E-state index in [0.717, 1.165) is 74.3 Å². The molecule has 152 valence electrons. The van der Waals surface area contributed by atoms with E-state index in [2.05, 4.69) is 25.1 Å². The van der Waals surface area contributed by atoms with Gasteiger partial charge in [-0.25, -0.2) is 9.98 Å². The molecule has 0 amide bonds. The van der Waals surface area contributed by atoms with Crippen molar-refractivity contribution in [1.29, 1.82) is 0 Å². The third-order valence-electron chi connectivity index (χ3n) is 6.16. The third-order valence-corrected chi connectivity index (χ3v) is 6.39. The molecule has 0 unspecified atom stereocenters. The van der Waals surface area contributed by atoms with Crippen molar-refractivity contribution >= 4 is 34.6 Å². The summed E-state index contributed by atoms with van der Waals surface area (Å²) in [5, 5.41) is 13.5. The van der Waals surface area contributed by atoms with E-state index in [-0.39, 0.29) is 6.61 Å². The van der Waals surface area contributed by atoms with E-state index in [1.807, 2.05) is 18.2 Å². The number of halogens is 1. The quantitative estimate of drug-likeness (QED) is 0.807. The number of nitrogens with zero attached hydrogens (tertiary/aromatic N) is 5. The zero-order valence-corrected chi connectivity index (χ0v) is 17.0. The summed E-state index contributed by atoms with van der Waals surface area (Å²) in [5.41, 5.74) is 3.01. The Morgan fingerprint density at radius 2 is 1.90 bits per heavy atom. The molecule has 0 bridgehead atoms. The number of fused-ring (bicyclic) bond motifs is 1. The molecule has 2 fully saturated rings. The maximum absolute atomic E-state index is 9.39. The zero-order chi connectivity index (χ0) is 19.8. The lowest BCUT2D eigenvalue weighted by Crippen LogP contribution is -2.51. The third kappa shape index (κ3) is 3.65. The number of aliphatic hydroxyl groups is 1. The molecule has 0 spiro atoms. The Morgan fingerprint density at radius 1 is 1.10 bits per heavy atom. The number of likely N-dealkylation sites (tertiary alicyclic amines) is 1. The average Bonchev–Trinajstić information content (AvgIpc) is 2.73. The Balaban J connectivity index is 1.28. The van der Waals surface area contributed by atoms with Gasteiger partial charge in [0.25, 0.3) is 0 Å². The van der Waals surface area contributed by atoms with Crippen LogP contribution in [0.4, 0.5) is 17.2 Å². The first-order chi connectivity index (χ1) is 14.2. The van der Waals surface area contributed by atoms with Crippen LogP contribution in [-0.2, 0) is 0 Å². The number of benzene rings is 1. The van der Waals surface area contributed by atoms with Crippen LogP contribution in [0.15, 0.2) is 35.6 Å². The van der Waals surface area contributed by atoms with Crippen LogP contribution < -0.4 is 10.2 Å². The van der Waals surface area contributed by atoms with Crippen molar-refractivity contribution in [2.75, 3.05) is 49.5 Å². The van der Waals surface area contributed by atoms with Gasteiger partial charge in [-0.3, -0.25) is 4.98 Å². The van der Waals surface area contributed by atoms with Gasteiger partial charge in [0.15, 0.2) is 5.82 Å². The van der Waals surface area contributed by atoms with E-state index >= 15 is 0 Å². The van der Waals surface area contributed by atoms with Crippen LogP contribution in [0.1, 0.15) is 24.5 Å². The molecule has 0 saturated carbocycles. The van der Waals surface area contributed by atoms with Crippen LogP contribution in [0.3, 0.4) is 0 Å². The average molecular weight is 413 g/mol. The smallest absolute Gasteiger partial charge is 0.150 e. The van der Waals surface area contributed by atoms with Crippen molar-refractivity contribution in [3.63, 3.8) is 0 Å². The largest absolute Gasteiger partial charge is 0.396 e. The number of aliphatic imine (C=N–C) groups is 1. The number of anilines is 2. The van der Waals surface area contributed by atoms with E-state index in [1.54, 1.807) is 12.4 Å². The number of hydrogen-bond donors (Lipinski definition) is 2. The normalized spacial score (nSPS) is 20.0. The SMILES string of the molecule is OCC1CCN(c2nccnc2C2CN(C3=Nc4cc(Cl)ccc4NC3)C2)CC1. The first-order valence-electron chi connectivity index (χ1n) is 10.2. The highest BCUT2D eigenvalue weighted by Gasteiger charge is 2.35. The summed E-state index contributed by atoms with van der Waals surface area (Å²) >= 11 is 6.12. The van der Waals surface area contributed by atoms with Gasteiger partial charge >= 0.3 is 0 Å². The van der Waals surface area contributed by atoms with E-state index < -0.39 is 0 Å². The highest BCUT2D eigenvalue weighted by atomic mass is 35.5. The molecule has 3 aliphatic rings. The number of hydrogen-bond acceptors (Lipinski definition) is 7. The Labute approximate surface area is 175 Å². The second-order valence-corrected chi connectivity index (χ2v) is 8.46. The highest BCUT2D eigenvalue weighted by Crippen LogP contribution is 2.36. The predicted molar refractivity (Wildman–Crippen MR) is 115 cm³/mol. The van der Waals surface area contributed by atoms with Crippen molar-refractivity contribution in [3.05, 3.63) is 41.3 Å². The summed E-state index contributed by atoms with van der Waals surface area (Å²) in [5.74, 6) is 2.83. The molecule has 5 rings (SSSR count). The fraction of sp³-hybridized carbons (Fsp3) is 0.476. The summed E-state index contributed by atoms with van der Waals surface area (Å²) < 4.78 is 0. The summed E-state index contributed by atoms with van der Waals surface area (Å²) in [6.45, 7) is 4.67. The minimum absolute atomic E-state index is 0.281. The molecule has 1 aromatic carbocycles. The number of aromatic nitrogens is 2. The molecular formula is C21H25ClN6O. The minimum Gasteiger partial charge on any atom is -0.396 e. The van der Waals surface area contributed by atoms with Crippen LogP contribution in [0.2, 0.25) is 5.02 Å². The van der Waals surface area contributed by atoms with Crippen molar-refractivity contribution in [2.45, 2.75) is 18.8 Å². The van der Waals surface area contributed by atoms with E-state index in [4.69, 9.17) is 16.6 Å². The van der Waals surface area contributed by atoms with Crippen LogP contribution >= 0.6 is 11.6 Å². The predicted octanol–water partition coefficient (Wildman–Crippen LogP) is 2.89. The summed E-state index contributed by atoms with van der Waals surface area (Å²) in [6.07, 6.45) is 5.59. The van der Waals surface area contributed by atoms with E-state index in [0.29, 0.717) is 16.9 Å². The second-order valence-electron chi connectivity index (χ2n) is 8.02. The molecule has 29 heavy (non-hydrogen) atoms. The van der Waals surface area contributed by atoms with Gasteiger partial charge in [0.1, 0.15) is 5.84 Å². The summed E-state index contributed by atoms with van der Waals surface area (Å²) in [4.78, 5) is 18.8. The van der Waals surface area contributed by atoms with Crippen LogP contribution in [0.25, 0.3) is 0 Å². The lowest BCUT2D eigenvalue weighted by atomic mass is 9.93. The van der Waals surface area contributed by atoms with Crippen molar-refractivity contribution in [3.8, 4) is 0 Å². The zero-order valence-electron chi connectivity index (χ0n) is 16.3. The summed E-state index contributed by atoms with van der Waals surface area (Å²) in [6, 6.07) is 5.76. The van der Waals surface area contributed by atoms with Gasteiger partial charge in [-0.05, 0) is 37.0 Å². The molecule has 1 aromatic heterocycles. The van der Waals surface area contributed by atoms with Gasteiger partial charge < -0.3 is 20.2 Å². The summed E-state index contributed by atoms with van der Waals surface area (Å²) in [7, 11) is 0. The van der Waals surface area contributed by atoms with Crippen LogP contribution in [0, 0.1) is 5.92 Å². The van der Waals surface area contributed by atoms with Crippen molar-refractivity contribution in [1.82, 2.24) is 14.9 Å². The molecule has 0 radical (unpaired) electrons. The molecule has 2 aromatic rings. The molecule has 7 nitrogen and oxygen atoms in total. The number of aliphatic hydroxyl groups excluding tert-OH is 1. The maximum atomic E-state index is 9.39. The van der Waals surface area contributed by atoms with E-state index in [9.17, 15) is 5.11 Å². The van der Waals surface area contributed by atoms with E-state index in [1.165, 1.54) is 0 Å². The van der Waals surface area contributed by atoms with Crippen LogP contribution in [-0.4, -0.2) is 65.1 Å². The fourth-order valence-electron chi connectivity index (χ4n) is 4.34. The first-order valence-corrected chi connectivity index (χ1v) is 10.6. The lowest BCUT2D eigenvalue weighted by Gasteiger charge is -2.43. The monoisotopic (exact) mass is 412 g/mol. The Bertz CT molecular complexity index is 921. The maximum Gasteiger partial charge on any atom is 0.150 e.